The number of nitrogens with two attached hydrogens (primary N) is 1. The molecule has 76 valence electrons. The molecule has 1 saturated carbocycles. The minimum Gasteiger partial charge on any atom is -0.271 e. The SMILES string of the molecule is Cc1cnc(C(CC2CC2)NN)cn1. The van der Waals surface area contributed by atoms with Crippen molar-refractivity contribution in [3.05, 3.63) is 23.8 Å². The molecule has 2 rings (SSSR count). The highest BCUT2D eigenvalue weighted by Gasteiger charge is 2.26. The molecule has 0 amide bonds. The summed E-state index contributed by atoms with van der Waals surface area (Å²) in [5, 5.41) is 0. The number of aryl methyl sites for hydroxylation is 1. The van der Waals surface area contributed by atoms with E-state index >= 15 is 0 Å². The number of hydrazine groups is 1. The monoisotopic (exact) mass is 192 g/mol. The molecule has 0 aliphatic heterocycles. The average Bonchev–Trinajstić information content (AvgIpc) is 3.00. The van der Waals surface area contributed by atoms with E-state index in [1.807, 2.05) is 13.1 Å². The first kappa shape index (κ1) is 9.55. The fourth-order valence-corrected chi connectivity index (χ4v) is 1.54. The van der Waals surface area contributed by atoms with Gasteiger partial charge in [0.15, 0.2) is 0 Å². The summed E-state index contributed by atoms with van der Waals surface area (Å²) in [6.07, 6.45) is 7.33. The summed E-state index contributed by atoms with van der Waals surface area (Å²) in [5.74, 6) is 6.33. The Morgan fingerprint density at radius 1 is 1.50 bits per heavy atom. The van der Waals surface area contributed by atoms with Gasteiger partial charge in [0.2, 0.25) is 0 Å². The summed E-state index contributed by atoms with van der Waals surface area (Å²) in [5.41, 5.74) is 4.70. The fourth-order valence-electron chi connectivity index (χ4n) is 1.54. The molecule has 3 N–H and O–H groups in total. The smallest absolute Gasteiger partial charge is 0.0769 e. The van der Waals surface area contributed by atoms with Crippen molar-refractivity contribution in [2.24, 2.45) is 11.8 Å². The summed E-state index contributed by atoms with van der Waals surface area (Å²) in [6, 6.07) is 0.163. The van der Waals surface area contributed by atoms with Crippen LogP contribution in [0.15, 0.2) is 12.4 Å². The van der Waals surface area contributed by atoms with Crippen molar-refractivity contribution in [1.29, 1.82) is 0 Å². The van der Waals surface area contributed by atoms with E-state index in [-0.39, 0.29) is 6.04 Å². The number of hydrogen-bond acceptors (Lipinski definition) is 4. The maximum Gasteiger partial charge on any atom is 0.0769 e. The second kappa shape index (κ2) is 4.02. The third kappa shape index (κ3) is 2.27. The Morgan fingerprint density at radius 3 is 2.79 bits per heavy atom. The van der Waals surface area contributed by atoms with Crippen LogP contribution in [0.1, 0.15) is 36.7 Å². The number of aromatic nitrogens is 2. The van der Waals surface area contributed by atoms with Gasteiger partial charge in [0.1, 0.15) is 0 Å². The molecule has 14 heavy (non-hydrogen) atoms. The molecule has 0 aromatic carbocycles. The Morgan fingerprint density at radius 2 is 2.29 bits per heavy atom. The number of rotatable bonds is 4. The van der Waals surface area contributed by atoms with Crippen molar-refractivity contribution in [3.8, 4) is 0 Å². The van der Waals surface area contributed by atoms with Crippen LogP contribution in [0.4, 0.5) is 0 Å². The molecule has 0 radical (unpaired) electrons. The zero-order chi connectivity index (χ0) is 9.97. The van der Waals surface area contributed by atoms with Crippen LogP contribution < -0.4 is 11.3 Å². The molecule has 4 nitrogen and oxygen atoms in total. The molecule has 0 spiro atoms. The zero-order valence-electron chi connectivity index (χ0n) is 8.40. The first-order chi connectivity index (χ1) is 6.79. The molecule has 1 atom stereocenters. The van der Waals surface area contributed by atoms with Crippen LogP contribution >= 0.6 is 0 Å². The van der Waals surface area contributed by atoms with Gasteiger partial charge in [-0.15, -0.1) is 0 Å². The lowest BCUT2D eigenvalue weighted by atomic mass is 10.1. The van der Waals surface area contributed by atoms with Crippen LogP contribution in [0.5, 0.6) is 0 Å². The first-order valence-electron chi connectivity index (χ1n) is 5.04. The third-order valence-electron chi connectivity index (χ3n) is 2.63. The van der Waals surface area contributed by atoms with Crippen molar-refractivity contribution < 1.29 is 0 Å². The van der Waals surface area contributed by atoms with Gasteiger partial charge in [-0.25, -0.2) is 0 Å². The Kier molecular flexibility index (Phi) is 2.74. The van der Waals surface area contributed by atoms with Gasteiger partial charge in [-0.2, -0.15) is 0 Å². The van der Waals surface area contributed by atoms with E-state index in [1.165, 1.54) is 12.8 Å². The Hall–Kier alpha value is -1.00. The molecule has 1 heterocycles. The number of hydrogen-bond donors (Lipinski definition) is 2. The molecule has 1 aliphatic rings. The third-order valence-corrected chi connectivity index (χ3v) is 2.63. The molecular weight excluding hydrogens is 176 g/mol. The highest BCUT2D eigenvalue weighted by molar-refractivity contribution is 5.06. The maximum absolute atomic E-state index is 5.50. The minimum absolute atomic E-state index is 0.163. The van der Waals surface area contributed by atoms with Crippen molar-refractivity contribution >= 4 is 0 Å². The normalized spacial score (nSPS) is 18.1. The summed E-state index contributed by atoms with van der Waals surface area (Å²) in [7, 11) is 0. The zero-order valence-corrected chi connectivity index (χ0v) is 8.40. The van der Waals surface area contributed by atoms with E-state index in [0.717, 1.165) is 23.7 Å². The molecule has 0 bridgehead atoms. The minimum atomic E-state index is 0.163. The van der Waals surface area contributed by atoms with E-state index in [2.05, 4.69) is 15.4 Å². The standard InChI is InChI=1S/C10H16N4/c1-7-5-13-10(6-12-7)9(14-11)4-8-2-3-8/h5-6,8-9,14H,2-4,11H2,1H3. The van der Waals surface area contributed by atoms with Crippen LogP contribution in [0.2, 0.25) is 0 Å². The van der Waals surface area contributed by atoms with Gasteiger partial charge >= 0.3 is 0 Å². The fraction of sp³-hybridized carbons (Fsp3) is 0.600. The predicted octanol–water partition coefficient (Wildman–Crippen LogP) is 1.09. The lowest BCUT2D eigenvalue weighted by Gasteiger charge is -2.14. The summed E-state index contributed by atoms with van der Waals surface area (Å²) in [6.45, 7) is 1.93. The second-order valence-electron chi connectivity index (χ2n) is 3.98. The number of nitrogens with one attached hydrogen (secondary N) is 1. The largest absolute Gasteiger partial charge is 0.271 e. The van der Waals surface area contributed by atoms with Gasteiger partial charge in [0.05, 0.1) is 23.6 Å². The van der Waals surface area contributed by atoms with Crippen LogP contribution in [0.3, 0.4) is 0 Å². The lowest BCUT2D eigenvalue weighted by molar-refractivity contribution is 0.475. The average molecular weight is 192 g/mol. The Bertz CT molecular complexity index is 291. The molecule has 1 aliphatic carbocycles. The van der Waals surface area contributed by atoms with Crippen molar-refractivity contribution in [1.82, 2.24) is 15.4 Å². The molecule has 1 aromatic rings. The van der Waals surface area contributed by atoms with Crippen molar-refractivity contribution in [2.45, 2.75) is 32.2 Å². The van der Waals surface area contributed by atoms with Crippen LogP contribution in [-0.4, -0.2) is 9.97 Å². The van der Waals surface area contributed by atoms with Crippen LogP contribution in [0.25, 0.3) is 0 Å². The molecular formula is C10H16N4. The van der Waals surface area contributed by atoms with E-state index in [0.29, 0.717) is 0 Å². The Balaban J connectivity index is 2.05. The van der Waals surface area contributed by atoms with E-state index in [1.54, 1.807) is 6.20 Å². The van der Waals surface area contributed by atoms with Gasteiger partial charge < -0.3 is 0 Å². The van der Waals surface area contributed by atoms with Crippen molar-refractivity contribution in [2.75, 3.05) is 0 Å². The highest BCUT2D eigenvalue weighted by Crippen LogP contribution is 2.36. The van der Waals surface area contributed by atoms with Gasteiger partial charge in [-0.3, -0.25) is 21.2 Å². The molecule has 4 heteroatoms. The number of nitrogens with zero attached hydrogens (tertiary/aromatic N) is 2. The highest BCUT2D eigenvalue weighted by atomic mass is 15.2. The summed E-state index contributed by atoms with van der Waals surface area (Å²) in [4.78, 5) is 8.54. The van der Waals surface area contributed by atoms with Crippen LogP contribution in [0, 0.1) is 12.8 Å². The van der Waals surface area contributed by atoms with Gasteiger partial charge in [-0.05, 0) is 19.3 Å². The molecule has 1 fully saturated rings. The quantitative estimate of drug-likeness (QED) is 0.553. The lowest BCUT2D eigenvalue weighted by Crippen LogP contribution is -2.29. The first-order valence-corrected chi connectivity index (χ1v) is 5.04. The molecule has 1 unspecified atom stereocenters. The predicted molar refractivity (Wildman–Crippen MR) is 54.2 cm³/mol. The Labute approximate surface area is 83.9 Å². The summed E-state index contributed by atoms with van der Waals surface area (Å²) < 4.78 is 0. The van der Waals surface area contributed by atoms with Gasteiger partial charge in [-0.1, -0.05) is 12.8 Å². The van der Waals surface area contributed by atoms with Crippen molar-refractivity contribution in [3.63, 3.8) is 0 Å². The van der Waals surface area contributed by atoms with E-state index in [4.69, 9.17) is 5.84 Å². The molecule has 1 aromatic heterocycles. The maximum atomic E-state index is 5.50. The second-order valence-corrected chi connectivity index (χ2v) is 3.98. The van der Waals surface area contributed by atoms with E-state index < -0.39 is 0 Å². The van der Waals surface area contributed by atoms with Crippen LogP contribution in [-0.2, 0) is 0 Å². The van der Waals surface area contributed by atoms with Gasteiger partial charge in [0.25, 0.3) is 0 Å². The van der Waals surface area contributed by atoms with Gasteiger partial charge in [0, 0.05) is 6.20 Å². The van der Waals surface area contributed by atoms with E-state index in [9.17, 15) is 0 Å². The summed E-state index contributed by atoms with van der Waals surface area (Å²) >= 11 is 0. The topological polar surface area (TPSA) is 63.8 Å². The molecule has 0 saturated heterocycles.